The van der Waals surface area contributed by atoms with E-state index in [9.17, 15) is 19.2 Å². The van der Waals surface area contributed by atoms with Crippen LogP contribution in [0.1, 0.15) is 42.6 Å². The number of carbonyl (C=O) groups excluding carboxylic acids is 4. The molecule has 0 aromatic heterocycles. The highest BCUT2D eigenvalue weighted by Gasteiger charge is 2.30. The molecular weight excluding hydrogens is 536 g/mol. The molecule has 1 aliphatic rings. The Hall–Kier alpha value is -3.63. The van der Waals surface area contributed by atoms with Gasteiger partial charge in [0.15, 0.2) is 0 Å². The molecule has 40 heavy (non-hydrogen) atoms. The van der Waals surface area contributed by atoms with Crippen LogP contribution in [0.3, 0.4) is 0 Å². The Balaban J connectivity index is 1.73. The van der Waals surface area contributed by atoms with Gasteiger partial charge in [0, 0.05) is 18.6 Å². The first-order chi connectivity index (χ1) is 19.2. The zero-order chi connectivity index (χ0) is 29.1. The van der Waals surface area contributed by atoms with Crippen molar-refractivity contribution in [2.45, 2.75) is 45.4 Å². The monoisotopic (exact) mass is 572 g/mol. The van der Waals surface area contributed by atoms with Crippen molar-refractivity contribution in [3.05, 3.63) is 64.7 Å². The van der Waals surface area contributed by atoms with E-state index in [0.717, 1.165) is 5.56 Å². The second-order valence-electron chi connectivity index (χ2n) is 10.0. The molecule has 216 valence electrons. The van der Waals surface area contributed by atoms with Crippen molar-refractivity contribution in [3.8, 4) is 5.75 Å². The fourth-order valence-corrected chi connectivity index (χ4v) is 4.38. The Morgan fingerprint density at radius 3 is 2.60 bits per heavy atom. The molecule has 0 aliphatic carbocycles. The van der Waals surface area contributed by atoms with Gasteiger partial charge in [-0.05, 0) is 36.1 Å². The van der Waals surface area contributed by atoms with Gasteiger partial charge >= 0.3 is 0 Å². The van der Waals surface area contributed by atoms with E-state index >= 15 is 0 Å². The minimum absolute atomic E-state index is 0.134. The molecule has 3 N–H and O–H groups in total. The molecule has 2 aromatic carbocycles. The first-order valence-corrected chi connectivity index (χ1v) is 13.7. The average molecular weight is 573 g/mol. The Labute approximate surface area is 239 Å². The fraction of sp³-hybridized carbons (Fsp3) is 0.448. The maximum atomic E-state index is 13.2. The lowest BCUT2D eigenvalue weighted by atomic mass is 10.0. The molecule has 1 aliphatic heterocycles. The number of benzene rings is 2. The molecule has 0 unspecified atom stereocenters. The van der Waals surface area contributed by atoms with Gasteiger partial charge in [0.25, 0.3) is 5.91 Å². The number of para-hydroxylation sites is 1. The molecule has 10 nitrogen and oxygen atoms in total. The van der Waals surface area contributed by atoms with E-state index in [1.807, 2.05) is 32.0 Å². The van der Waals surface area contributed by atoms with Crippen LogP contribution in [0.15, 0.2) is 48.5 Å². The summed E-state index contributed by atoms with van der Waals surface area (Å²) in [5.41, 5.74) is 1.04. The van der Waals surface area contributed by atoms with E-state index in [-0.39, 0.29) is 56.7 Å². The predicted octanol–water partition coefficient (Wildman–Crippen LogP) is 2.54. The molecule has 3 rings (SSSR count). The van der Waals surface area contributed by atoms with Crippen molar-refractivity contribution in [2.24, 2.45) is 5.92 Å². The fourth-order valence-electron chi connectivity index (χ4n) is 4.19. The van der Waals surface area contributed by atoms with Crippen molar-refractivity contribution in [3.63, 3.8) is 0 Å². The van der Waals surface area contributed by atoms with E-state index in [2.05, 4.69) is 16.0 Å². The van der Waals surface area contributed by atoms with Crippen LogP contribution in [0.2, 0.25) is 5.02 Å². The number of fused-ring (bicyclic) bond motifs is 1. The van der Waals surface area contributed by atoms with E-state index in [0.29, 0.717) is 17.2 Å². The quantitative estimate of drug-likeness (QED) is 0.417. The average Bonchev–Trinajstić information content (AvgIpc) is 2.92. The van der Waals surface area contributed by atoms with Crippen LogP contribution >= 0.6 is 11.6 Å². The molecule has 0 spiro atoms. The summed E-state index contributed by atoms with van der Waals surface area (Å²) in [5.74, 6) is -1.44. The molecule has 4 amide bonds. The number of ether oxygens (including phenoxy) is 2. The van der Waals surface area contributed by atoms with Gasteiger partial charge < -0.3 is 30.3 Å². The predicted molar refractivity (Wildman–Crippen MR) is 151 cm³/mol. The van der Waals surface area contributed by atoms with Gasteiger partial charge in [-0.15, -0.1) is 0 Å². The zero-order valence-electron chi connectivity index (χ0n) is 23.1. The minimum atomic E-state index is -1.19. The summed E-state index contributed by atoms with van der Waals surface area (Å²) in [6, 6.07) is 11.9. The third-order valence-corrected chi connectivity index (χ3v) is 6.67. The molecule has 0 radical (unpaired) electrons. The smallest absolute Gasteiger partial charge is 0.255 e. The minimum Gasteiger partial charge on any atom is -0.491 e. The molecule has 2 atom stereocenters. The maximum Gasteiger partial charge on any atom is 0.255 e. The first kappa shape index (κ1) is 30.9. The van der Waals surface area contributed by atoms with Gasteiger partial charge in [-0.3, -0.25) is 19.2 Å². The van der Waals surface area contributed by atoms with Gasteiger partial charge in [-0.25, -0.2) is 0 Å². The molecule has 1 heterocycles. The van der Waals surface area contributed by atoms with Gasteiger partial charge in [0.2, 0.25) is 17.7 Å². The number of rotatable bonds is 8. The molecule has 0 saturated carbocycles. The van der Waals surface area contributed by atoms with Gasteiger partial charge in [-0.2, -0.15) is 0 Å². The Bertz CT molecular complexity index is 1190. The number of carbonyl (C=O) groups is 4. The highest BCUT2D eigenvalue weighted by atomic mass is 35.5. The number of hydrogen-bond donors (Lipinski definition) is 3. The maximum absolute atomic E-state index is 13.2. The normalized spacial score (nSPS) is 18.7. The second-order valence-corrected chi connectivity index (χ2v) is 10.4. The number of nitrogens with zero attached hydrogens (tertiary/aromatic N) is 1. The van der Waals surface area contributed by atoms with Crippen molar-refractivity contribution in [2.75, 3.05) is 33.4 Å². The number of halogens is 1. The largest absolute Gasteiger partial charge is 0.491 e. The van der Waals surface area contributed by atoms with E-state index in [1.54, 1.807) is 37.4 Å². The van der Waals surface area contributed by atoms with E-state index < -0.39 is 29.8 Å². The summed E-state index contributed by atoms with van der Waals surface area (Å²) in [6.07, 6.45) is 0.0667. The molecule has 0 fully saturated rings. The van der Waals surface area contributed by atoms with Crippen molar-refractivity contribution < 1.29 is 28.7 Å². The zero-order valence-corrected chi connectivity index (χ0v) is 23.8. The topological polar surface area (TPSA) is 126 Å². The molecular formula is C29H37ClN4O6. The third-order valence-electron chi connectivity index (χ3n) is 6.30. The van der Waals surface area contributed by atoms with Crippen LogP contribution in [-0.2, 0) is 25.7 Å². The van der Waals surface area contributed by atoms with Crippen LogP contribution in [0.25, 0.3) is 0 Å². The number of hydrogen-bond acceptors (Lipinski definition) is 6. The van der Waals surface area contributed by atoms with Crippen LogP contribution in [0.4, 0.5) is 0 Å². The Morgan fingerprint density at radius 2 is 1.85 bits per heavy atom. The van der Waals surface area contributed by atoms with Crippen molar-refractivity contribution in [1.82, 2.24) is 20.9 Å². The van der Waals surface area contributed by atoms with Crippen LogP contribution in [0.5, 0.6) is 5.75 Å². The van der Waals surface area contributed by atoms with Crippen LogP contribution in [0, 0.1) is 5.92 Å². The number of nitrogens with one attached hydrogen (secondary N) is 3. The molecule has 0 saturated heterocycles. The summed E-state index contributed by atoms with van der Waals surface area (Å²) in [6.45, 7) is 4.93. The van der Waals surface area contributed by atoms with Gasteiger partial charge in [0.1, 0.15) is 24.4 Å². The van der Waals surface area contributed by atoms with Gasteiger partial charge in [0.05, 0.1) is 31.7 Å². The summed E-state index contributed by atoms with van der Waals surface area (Å²) >= 11 is 6.14. The SMILES string of the molecule is CC(C)C[C@@H]1NC(=O)C[C@@H](C(=O)NCCOCc2ccccc2Cl)NC(=O)c2ccccc2OCCN(C)C1=O. The highest BCUT2D eigenvalue weighted by Crippen LogP contribution is 2.19. The van der Waals surface area contributed by atoms with Crippen LogP contribution < -0.4 is 20.7 Å². The van der Waals surface area contributed by atoms with Crippen molar-refractivity contribution in [1.29, 1.82) is 0 Å². The Kier molecular flexibility index (Phi) is 11.8. The third kappa shape index (κ3) is 9.24. The lowest BCUT2D eigenvalue weighted by Gasteiger charge is -2.27. The van der Waals surface area contributed by atoms with Crippen molar-refractivity contribution >= 4 is 35.2 Å². The standard InChI is InChI=1S/C29H37ClN4O6/c1-19(2)16-24-29(38)34(3)13-15-40-25-11-7-5-9-21(25)27(36)33-23(17-26(35)32-24)28(37)31-12-14-39-18-20-8-4-6-10-22(20)30/h4-11,19,23-24H,12-18H2,1-3H3,(H,31,37)(H,32,35)(H,33,36)/t23-,24-/m0/s1. The van der Waals surface area contributed by atoms with E-state index in [4.69, 9.17) is 21.1 Å². The lowest BCUT2D eigenvalue weighted by molar-refractivity contribution is -0.136. The molecule has 2 aromatic rings. The molecule has 11 heteroatoms. The van der Waals surface area contributed by atoms with Crippen LogP contribution in [-0.4, -0.2) is 74.0 Å². The second kappa shape index (κ2) is 15.2. The Morgan fingerprint density at radius 1 is 1.12 bits per heavy atom. The lowest BCUT2D eigenvalue weighted by Crippen LogP contribution is -2.53. The highest BCUT2D eigenvalue weighted by molar-refractivity contribution is 6.31. The summed E-state index contributed by atoms with van der Waals surface area (Å²) in [4.78, 5) is 54.0. The van der Waals surface area contributed by atoms with E-state index in [1.165, 1.54) is 4.90 Å². The number of likely N-dealkylation sites (N-methyl/N-ethyl adjacent to an activating group) is 1. The summed E-state index contributed by atoms with van der Waals surface area (Å²) < 4.78 is 11.4. The number of amides is 4. The molecule has 0 bridgehead atoms. The summed E-state index contributed by atoms with van der Waals surface area (Å²) in [7, 11) is 1.64. The first-order valence-electron chi connectivity index (χ1n) is 13.3. The van der Waals surface area contributed by atoms with Gasteiger partial charge in [-0.1, -0.05) is 55.8 Å². The summed E-state index contributed by atoms with van der Waals surface area (Å²) in [5, 5.41) is 8.73.